The molecule has 1 fully saturated rings. The van der Waals surface area contributed by atoms with Gasteiger partial charge in [0.1, 0.15) is 5.78 Å². The molecule has 1 saturated carbocycles. The van der Waals surface area contributed by atoms with Gasteiger partial charge in [0, 0.05) is 11.3 Å². The molecule has 0 aromatic heterocycles. The lowest BCUT2D eigenvalue weighted by atomic mass is 9.89. The van der Waals surface area contributed by atoms with Gasteiger partial charge in [-0.3, -0.25) is 4.79 Å². The minimum absolute atomic E-state index is 0.193. The summed E-state index contributed by atoms with van der Waals surface area (Å²) < 4.78 is 0. The fraction of sp³-hybridized carbons (Fsp3) is 0.500. The highest BCUT2D eigenvalue weighted by molar-refractivity contribution is 8.00. The average molecular weight is 234 g/mol. The summed E-state index contributed by atoms with van der Waals surface area (Å²) in [5, 5.41) is 0.193. The summed E-state index contributed by atoms with van der Waals surface area (Å²) in [5.41, 5.74) is 1.27. The van der Waals surface area contributed by atoms with E-state index in [4.69, 9.17) is 0 Å². The largest absolute Gasteiger partial charge is 0.298 e. The molecule has 0 amide bonds. The van der Waals surface area contributed by atoms with Crippen molar-refractivity contribution in [2.45, 2.75) is 43.3 Å². The number of Topliss-reactive ketones (excluding diaryl/α,β-unsaturated/α-hetero) is 1. The van der Waals surface area contributed by atoms with E-state index >= 15 is 0 Å². The van der Waals surface area contributed by atoms with E-state index in [1.807, 2.05) is 0 Å². The van der Waals surface area contributed by atoms with Crippen molar-refractivity contribution in [1.82, 2.24) is 0 Å². The molecule has 0 saturated heterocycles. The Bertz CT molecular complexity index is 369. The zero-order valence-corrected chi connectivity index (χ0v) is 10.7. The monoisotopic (exact) mass is 234 g/mol. The summed E-state index contributed by atoms with van der Waals surface area (Å²) in [5.74, 6) is 1.02. The Morgan fingerprint density at radius 2 is 1.88 bits per heavy atom. The van der Waals surface area contributed by atoms with Crippen molar-refractivity contribution in [3.8, 4) is 0 Å². The van der Waals surface area contributed by atoms with Crippen LogP contribution in [0.15, 0.2) is 29.2 Å². The van der Waals surface area contributed by atoms with Crippen LogP contribution >= 0.6 is 11.8 Å². The quantitative estimate of drug-likeness (QED) is 0.773. The van der Waals surface area contributed by atoms with E-state index in [1.165, 1.54) is 16.9 Å². The Morgan fingerprint density at radius 3 is 2.50 bits per heavy atom. The maximum Gasteiger partial charge on any atom is 0.146 e. The van der Waals surface area contributed by atoms with Crippen molar-refractivity contribution in [3.63, 3.8) is 0 Å². The van der Waals surface area contributed by atoms with Crippen molar-refractivity contribution in [3.05, 3.63) is 29.8 Å². The first-order chi connectivity index (χ1) is 7.65. The van der Waals surface area contributed by atoms with Crippen LogP contribution in [0.2, 0.25) is 0 Å². The Labute approximate surface area is 102 Å². The van der Waals surface area contributed by atoms with Gasteiger partial charge in [0.2, 0.25) is 0 Å². The number of carbonyl (C=O) groups is 1. The third-order valence-corrected chi connectivity index (χ3v) is 4.46. The summed E-state index contributed by atoms with van der Waals surface area (Å²) in [6.07, 6.45) is 3.00. The summed E-state index contributed by atoms with van der Waals surface area (Å²) in [4.78, 5) is 13.1. The second-order valence-electron chi connectivity index (χ2n) is 4.77. The number of thioether (sulfide) groups is 1. The molecule has 1 aromatic carbocycles. The third-order valence-electron chi connectivity index (χ3n) is 3.13. The molecule has 0 radical (unpaired) electrons. The molecule has 1 aliphatic rings. The van der Waals surface area contributed by atoms with Crippen LogP contribution in [0.3, 0.4) is 0 Å². The van der Waals surface area contributed by atoms with E-state index in [2.05, 4.69) is 38.1 Å². The molecule has 16 heavy (non-hydrogen) atoms. The second-order valence-corrected chi connectivity index (χ2v) is 6.05. The highest BCUT2D eigenvalue weighted by atomic mass is 32.2. The summed E-state index contributed by atoms with van der Waals surface area (Å²) in [7, 11) is 0. The SMILES string of the molecule is Cc1ccc(SC2CCC(C)CC2=O)cc1. The van der Waals surface area contributed by atoms with E-state index in [9.17, 15) is 4.79 Å². The van der Waals surface area contributed by atoms with Crippen LogP contribution in [0, 0.1) is 12.8 Å². The first kappa shape index (κ1) is 11.7. The molecule has 0 heterocycles. The van der Waals surface area contributed by atoms with Crippen molar-refractivity contribution in [2.75, 3.05) is 0 Å². The normalized spacial score (nSPS) is 25.8. The lowest BCUT2D eigenvalue weighted by Gasteiger charge is -2.24. The standard InChI is InChI=1S/C14H18OS/c1-10-3-6-12(7-4-10)16-14-8-5-11(2)9-13(14)15/h3-4,6-7,11,14H,5,8-9H2,1-2H3. The van der Waals surface area contributed by atoms with Gasteiger partial charge < -0.3 is 0 Å². The van der Waals surface area contributed by atoms with Crippen LogP contribution in [0.5, 0.6) is 0 Å². The first-order valence-corrected chi connectivity index (χ1v) is 6.79. The van der Waals surface area contributed by atoms with Crippen LogP contribution in [0.1, 0.15) is 31.7 Å². The highest BCUT2D eigenvalue weighted by Gasteiger charge is 2.26. The molecule has 0 spiro atoms. The van der Waals surface area contributed by atoms with E-state index in [1.54, 1.807) is 11.8 Å². The molecule has 1 aromatic rings. The number of aryl methyl sites for hydroxylation is 1. The van der Waals surface area contributed by atoms with Gasteiger partial charge in [-0.1, -0.05) is 24.6 Å². The zero-order valence-electron chi connectivity index (χ0n) is 9.90. The lowest BCUT2D eigenvalue weighted by molar-refractivity contribution is -0.120. The maximum absolute atomic E-state index is 11.9. The van der Waals surface area contributed by atoms with Gasteiger partial charge in [-0.15, -0.1) is 11.8 Å². The molecule has 86 valence electrons. The first-order valence-electron chi connectivity index (χ1n) is 5.91. The second kappa shape index (κ2) is 5.05. The van der Waals surface area contributed by atoms with Crippen molar-refractivity contribution >= 4 is 17.5 Å². The molecule has 2 rings (SSSR count). The average Bonchev–Trinajstić information content (AvgIpc) is 2.25. The van der Waals surface area contributed by atoms with Crippen LogP contribution in [-0.4, -0.2) is 11.0 Å². The molecule has 2 unspecified atom stereocenters. The molecular formula is C14H18OS. The van der Waals surface area contributed by atoms with Gasteiger partial charge in [0.05, 0.1) is 5.25 Å². The van der Waals surface area contributed by atoms with Crippen molar-refractivity contribution < 1.29 is 4.79 Å². The molecule has 0 aliphatic heterocycles. The predicted molar refractivity (Wildman–Crippen MR) is 68.8 cm³/mol. The number of ketones is 1. The molecule has 0 N–H and O–H groups in total. The molecule has 1 nitrogen and oxygen atoms in total. The molecule has 1 aliphatic carbocycles. The van der Waals surface area contributed by atoms with Gasteiger partial charge in [-0.2, -0.15) is 0 Å². The van der Waals surface area contributed by atoms with Crippen LogP contribution in [-0.2, 0) is 4.79 Å². The fourth-order valence-electron chi connectivity index (χ4n) is 2.08. The summed E-state index contributed by atoms with van der Waals surface area (Å²) in [6, 6.07) is 8.45. The number of hydrogen-bond donors (Lipinski definition) is 0. The van der Waals surface area contributed by atoms with E-state index in [0.29, 0.717) is 11.7 Å². The van der Waals surface area contributed by atoms with Gasteiger partial charge in [0.25, 0.3) is 0 Å². The third kappa shape index (κ3) is 2.88. The highest BCUT2D eigenvalue weighted by Crippen LogP contribution is 2.33. The molecule has 2 heteroatoms. The number of hydrogen-bond acceptors (Lipinski definition) is 2. The van der Waals surface area contributed by atoms with Crippen LogP contribution in [0.4, 0.5) is 0 Å². The number of carbonyl (C=O) groups excluding carboxylic acids is 1. The number of rotatable bonds is 2. The van der Waals surface area contributed by atoms with Gasteiger partial charge in [-0.05, 0) is 37.8 Å². The zero-order chi connectivity index (χ0) is 11.5. The summed E-state index contributed by atoms with van der Waals surface area (Å²) in [6.45, 7) is 4.26. The Balaban J connectivity index is 1.99. The van der Waals surface area contributed by atoms with Crippen molar-refractivity contribution in [1.29, 1.82) is 0 Å². The lowest BCUT2D eigenvalue weighted by Crippen LogP contribution is -2.25. The van der Waals surface area contributed by atoms with Gasteiger partial charge >= 0.3 is 0 Å². The number of benzene rings is 1. The topological polar surface area (TPSA) is 17.1 Å². The Morgan fingerprint density at radius 1 is 1.19 bits per heavy atom. The smallest absolute Gasteiger partial charge is 0.146 e. The minimum atomic E-state index is 0.193. The molecular weight excluding hydrogens is 216 g/mol. The Kier molecular flexibility index (Phi) is 3.70. The van der Waals surface area contributed by atoms with E-state index < -0.39 is 0 Å². The van der Waals surface area contributed by atoms with Crippen LogP contribution in [0.25, 0.3) is 0 Å². The Hall–Kier alpha value is -0.760. The fourth-order valence-corrected chi connectivity index (χ4v) is 3.18. The van der Waals surface area contributed by atoms with Gasteiger partial charge in [-0.25, -0.2) is 0 Å². The maximum atomic E-state index is 11.9. The van der Waals surface area contributed by atoms with E-state index in [0.717, 1.165) is 12.8 Å². The van der Waals surface area contributed by atoms with Crippen LogP contribution < -0.4 is 0 Å². The van der Waals surface area contributed by atoms with Gasteiger partial charge in [0.15, 0.2) is 0 Å². The summed E-state index contributed by atoms with van der Waals surface area (Å²) >= 11 is 1.73. The predicted octanol–water partition coefficient (Wildman–Crippen LogP) is 3.84. The van der Waals surface area contributed by atoms with Crippen molar-refractivity contribution in [2.24, 2.45) is 5.92 Å². The molecule has 2 atom stereocenters. The molecule has 0 bridgehead atoms. The van der Waals surface area contributed by atoms with E-state index in [-0.39, 0.29) is 5.25 Å². The minimum Gasteiger partial charge on any atom is -0.298 e.